The van der Waals surface area contributed by atoms with Gasteiger partial charge in [0.15, 0.2) is 0 Å². The lowest BCUT2D eigenvalue weighted by Gasteiger charge is -2.10. The molecule has 0 aliphatic carbocycles. The van der Waals surface area contributed by atoms with Gasteiger partial charge in [-0.05, 0) is 45.8 Å². The lowest BCUT2D eigenvalue weighted by molar-refractivity contribution is 0.297. The first-order valence-corrected chi connectivity index (χ1v) is 7.05. The van der Waals surface area contributed by atoms with Gasteiger partial charge in [0.05, 0.1) is 4.47 Å². The second-order valence-corrected chi connectivity index (χ2v) is 5.76. The van der Waals surface area contributed by atoms with Crippen LogP contribution in [0, 0.1) is 0 Å². The Hall–Kier alpha value is -0.450. The molecule has 0 atom stereocenters. The Morgan fingerprint density at radius 2 is 1.82 bits per heavy atom. The second kappa shape index (κ2) is 5.94. The van der Waals surface area contributed by atoms with Gasteiger partial charge in [0.25, 0.3) is 0 Å². The highest BCUT2D eigenvalue weighted by molar-refractivity contribution is 9.10. The van der Waals surface area contributed by atoms with Gasteiger partial charge in [0.1, 0.15) is 12.4 Å². The van der Waals surface area contributed by atoms with E-state index in [4.69, 9.17) is 4.74 Å². The molecule has 88 valence electrons. The predicted molar refractivity (Wildman–Crippen MR) is 79.9 cm³/mol. The summed E-state index contributed by atoms with van der Waals surface area (Å²) in [6, 6.07) is 13.8. The Morgan fingerprint density at radius 1 is 1.06 bits per heavy atom. The first kappa shape index (κ1) is 13.0. The molecule has 0 unspecified atom stereocenters. The van der Waals surface area contributed by atoms with Crippen LogP contribution in [0.25, 0.3) is 0 Å². The van der Waals surface area contributed by atoms with E-state index in [0.717, 1.165) is 25.2 Å². The molecule has 0 aromatic heterocycles. The molecule has 17 heavy (non-hydrogen) atoms. The van der Waals surface area contributed by atoms with Crippen LogP contribution in [0.15, 0.2) is 56.3 Å². The van der Waals surface area contributed by atoms with Crippen molar-refractivity contribution in [1.29, 1.82) is 0 Å². The molecule has 0 spiro atoms. The molecule has 1 nitrogen and oxygen atoms in total. The normalized spacial score (nSPS) is 10.3. The molecule has 0 aliphatic heterocycles. The van der Waals surface area contributed by atoms with Crippen LogP contribution in [0.4, 0.5) is 0 Å². The van der Waals surface area contributed by atoms with Crippen molar-refractivity contribution in [3.05, 3.63) is 57.0 Å². The Labute approximate surface area is 123 Å². The van der Waals surface area contributed by atoms with E-state index >= 15 is 0 Å². The van der Waals surface area contributed by atoms with Crippen molar-refractivity contribution in [2.24, 2.45) is 0 Å². The molecular formula is C13H10Br2OS. The molecule has 0 saturated heterocycles. The van der Waals surface area contributed by atoms with Gasteiger partial charge in [-0.15, -0.1) is 12.6 Å². The zero-order valence-corrected chi connectivity index (χ0v) is 12.9. The minimum Gasteiger partial charge on any atom is -0.487 e. The minimum absolute atomic E-state index is 0.523. The highest BCUT2D eigenvalue weighted by Gasteiger charge is 2.05. The molecule has 0 amide bonds. The van der Waals surface area contributed by atoms with Crippen LogP contribution >= 0.6 is 44.5 Å². The van der Waals surface area contributed by atoms with Crippen LogP contribution in [-0.2, 0) is 6.61 Å². The van der Waals surface area contributed by atoms with E-state index in [0.29, 0.717) is 6.61 Å². The number of hydrogen-bond acceptors (Lipinski definition) is 2. The minimum atomic E-state index is 0.523. The third-order valence-corrected chi connectivity index (χ3v) is 3.69. The quantitative estimate of drug-likeness (QED) is 0.738. The Morgan fingerprint density at radius 3 is 2.53 bits per heavy atom. The molecule has 0 fully saturated rings. The standard InChI is InChI=1S/C13H10Br2OS/c14-10-4-1-3-9(7-10)8-16-13-11(15)5-2-6-12(13)17/h1-7,17H,8H2. The van der Waals surface area contributed by atoms with E-state index in [9.17, 15) is 0 Å². The molecule has 0 saturated carbocycles. The predicted octanol–water partition coefficient (Wildman–Crippen LogP) is 5.08. The summed E-state index contributed by atoms with van der Waals surface area (Å²) in [5.41, 5.74) is 1.11. The second-order valence-electron chi connectivity index (χ2n) is 3.51. The third kappa shape index (κ3) is 3.50. The van der Waals surface area contributed by atoms with Crippen LogP contribution in [0.5, 0.6) is 5.75 Å². The van der Waals surface area contributed by atoms with Gasteiger partial charge in [-0.3, -0.25) is 0 Å². The van der Waals surface area contributed by atoms with Crippen molar-refractivity contribution in [2.75, 3.05) is 0 Å². The SMILES string of the molecule is Sc1cccc(Br)c1OCc1cccc(Br)c1. The van der Waals surface area contributed by atoms with Crippen molar-refractivity contribution < 1.29 is 4.74 Å². The average molecular weight is 374 g/mol. The summed E-state index contributed by atoms with van der Waals surface area (Å²) in [6.45, 7) is 0.523. The van der Waals surface area contributed by atoms with E-state index in [1.165, 1.54) is 0 Å². The molecule has 0 aliphatic rings. The van der Waals surface area contributed by atoms with E-state index < -0.39 is 0 Å². The van der Waals surface area contributed by atoms with Gasteiger partial charge in [-0.2, -0.15) is 0 Å². The van der Waals surface area contributed by atoms with E-state index in [-0.39, 0.29) is 0 Å². The van der Waals surface area contributed by atoms with Gasteiger partial charge >= 0.3 is 0 Å². The number of halogens is 2. The Kier molecular flexibility index (Phi) is 4.54. The number of benzene rings is 2. The first-order chi connectivity index (χ1) is 8.16. The maximum absolute atomic E-state index is 5.76. The van der Waals surface area contributed by atoms with E-state index in [2.05, 4.69) is 44.5 Å². The van der Waals surface area contributed by atoms with Crippen LogP contribution in [-0.4, -0.2) is 0 Å². The molecule has 0 heterocycles. The molecule has 0 N–H and O–H groups in total. The van der Waals surface area contributed by atoms with Crippen LogP contribution in [0.3, 0.4) is 0 Å². The molecule has 0 bridgehead atoms. The van der Waals surface area contributed by atoms with Gasteiger partial charge in [-0.25, -0.2) is 0 Å². The number of thiol groups is 1. The summed E-state index contributed by atoms with van der Waals surface area (Å²) in [6.07, 6.45) is 0. The fourth-order valence-electron chi connectivity index (χ4n) is 1.42. The van der Waals surface area contributed by atoms with Crippen molar-refractivity contribution in [3.63, 3.8) is 0 Å². The molecule has 4 heteroatoms. The van der Waals surface area contributed by atoms with Crippen LogP contribution in [0.2, 0.25) is 0 Å². The lowest BCUT2D eigenvalue weighted by atomic mass is 10.2. The van der Waals surface area contributed by atoms with Crippen molar-refractivity contribution in [3.8, 4) is 5.75 Å². The molecule has 2 rings (SSSR count). The number of hydrogen-bond donors (Lipinski definition) is 1. The molecular weight excluding hydrogens is 364 g/mol. The number of rotatable bonds is 3. The molecule has 2 aromatic carbocycles. The summed E-state index contributed by atoms with van der Waals surface area (Å²) in [4.78, 5) is 0.828. The zero-order valence-electron chi connectivity index (χ0n) is 8.86. The highest BCUT2D eigenvalue weighted by Crippen LogP contribution is 2.32. The summed E-state index contributed by atoms with van der Waals surface area (Å²) in [5.74, 6) is 0.774. The smallest absolute Gasteiger partial charge is 0.147 e. The summed E-state index contributed by atoms with van der Waals surface area (Å²) >= 11 is 11.3. The fourth-order valence-corrected chi connectivity index (χ4v) is 2.77. The van der Waals surface area contributed by atoms with E-state index in [1.807, 2.05) is 42.5 Å². The highest BCUT2D eigenvalue weighted by atomic mass is 79.9. The van der Waals surface area contributed by atoms with Gasteiger partial charge in [0.2, 0.25) is 0 Å². The first-order valence-electron chi connectivity index (χ1n) is 5.01. The van der Waals surface area contributed by atoms with Gasteiger partial charge < -0.3 is 4.74 Å². The summed E-state index contributed by atoms with van der Waals surface area (Å²) in [7, 11) is 0. The topological polar surface area (TPSA) is 9.23 Å². The fraction of sp³-hybridized carbons (Fsp3) is 0.0769. The lowest BCUT2D eigenvalue weighted by Crippen LogP contribution is -1.96. The maximum Gasteiger partial charge on any atom is 0.147 e. The van der Waals surface area contributed by atoms with Crippen LogP contribution in [0.1, 0.15) is 5.56 Å². The third-order valence-electron chi connectivity index (χ3n) is 2.22. The van der Waals surface area contributed by atoms with Crippen molar-refractivity contribution in [1.82, 2.24) is 0 Å². The summed E-state index contributed by atoms with van der Waals surface area (Å²) in [5, 5.41) is 0. The van der Waals surface area contributed by atoms with E-state index in [1.54, 1.807) is 0 Å². The number of ether oxygens (including phenoxy) is 1. The summed E-state index contributed by atoms with van der Waals surface area (Å²) < 4.78 is 7.73. The van der Waals surface area contributed by atoms with Crippen LogP contribution < -0.4 is 4.74 Å². The Balaban J connectivity index is 2.13. The average Bonchev–Trinajstić information content (AvgIpc) is 2.28. The number of para-hydroxylation sites is 1. The Bertz CT molecular complexity index is 508. The van der Waals surface area contributed by atoms with Crippen molar-refractivity contribution in [2.45, 2.75) is 11.5 Å². The van der Waals surface area contributed by atoms with Gasteiger partial charge in [0, 0.05) is 9.37 Å². The molecule has 0 radical (unpaired) electrons. The van der Waals surface area contributed by atoms with Gasteiger partial charge in [-0.1, -0.05) is 34.1 Å². The molecule has 2 aromatic rings. The van der Waals surface area contributed by atoms with Crippen molar-refractivity contribution >= 4 is 44.5 Å². The zero-order chi connectivity index (χ0) is 12.3. The monoisotopic (exact) mass is 372 g/mol. The largest absolute Gasteiger partial charge is 0.487 e. The maximum atomic E-state index is 5.76.